The summed E-state index contributed by atoms with van der Waals surface area (Å²) in [7, 11) is 0. The minimum absolute atomic E-state index is 0.00272. The van der Waals surface area contributed by atoms with Gasteiger partial charge in [-0.25, -0.2) is 0 Å². The molecular formula is C23H27N3O3. The highest BCUT2D eigenvalue weighted by Crippen LogP contribution is 2.23. The third kappa shape index (κ3) is 4.77. The summed E-state index contributed by atoms with van der Waals surface area (Å²) >= 11 is 0. The van der Waals surface area contributed by atoms with Gasteiger partial charge in [0.25, 0.3) is 0 Å². The predicted octanol–water partition coefficient (Wildman–Crippen LogP) is 1.84. The summed E-state index contributed by atoms with van der Waals surface area (Å²) in [5.74, 6) is 0.781. The summed E-state index contributed by atoms with van der Waals surface area (Å²) in [5, 5.41) is 2.92. The second kappa shape index (κ2) is 9.09. The number of hydrogen-bond donors (Lipinski definition) is 1. The summed E-state index contributed by atoms with van der Waals surface area (Å²) in [4.78, 5) is 29.6. The Morgan fingerprint density at radius 1 is 1.07 bits per heavy atom. The van der Waals surface area contributed by atoms with Gasteiger partial charge >= 0.3 is 0 Å². The van der Waals surface area contributed by atoms with Crippen molar-refractivity contribution in [3.8, 4) is 5.75 Å². The predicted molar refractivity (Wildman–Crippen MR) is 110 cm³/mol. The van der Waals surface area contributed by atoms with Gasteiger partial charge in [0, 0.05) is 31.7 Å². The Bertz CT molecular complexity index is 855. The van der Waals surface area contributed by atoms with E-state index in [9.17, 15) is 9.59 Å². The molecule has 1 saturated heterocycles. The van der Waals surface area contributed by atoms with E-state index in [0.717, 1.165) is 30.8 Å². The summed E-state index contributed by atoms with van der Waals surface area (Å²) in [5.41, 5.74) is 2.25. The second-order valence-electron chi connectivity index (χ2n) is 7.55. The molecule has 4 rings (SSSR count). The first-order valence-electron chi connectivity index (χ1n) is 10.2. The molecule has 6 nitrogen and oxygen atoms in total. The lowest BCUT2D eigenvalue weighted by molar-refractivity contribution is -0.139. The SMILES string of the molecule is O=C1NCCN(CCc2ccccc2)[C@H]1CC(=O)N1CCOc2ccccc2C1. The lowest BCUT2D eigenvalue weighted by Crippen LogP contribution is -2.57. The first-order chi connectivity index (χ1) is 14.2. The number of ether oxygens (including phenoxy) is 1. The maximum absolute atomic E-state index is 13.1. The molecule has 152 valence electrons. The van der Waals surface area contributed by atoms with Crippen LogP contribution in [0, 0.1) is 0 Å². The first kappa shape index (κ1) is 19.5. The molecule has 1 N–H and O–H groups in total. The van der Waals surface area contributed by atoms with Crippen molar-refractivity contribution < 1.29 is 14.3 Å². The fourth-order valence-electron chi connectivity index (χ4n) is 4.00. The topological polar surface area (TPSA) is 61.9 Å². The van der Waals surface area contributed by atoms with Crippen LogP contribution in [0.3, 0.4) is 0 Å². The molecule has 2 amide bonds. The molecule has 2 aromatic rings. The fraction of sp³-hybridized carbons (Fsp3) is 0.391. The molecule has 0 unspecified atom stereocenters. The van der Waals surface area contributed by atoms with Gasteiger partial charge in [-0.15, -0.1) is 0 Å². The number of hydrogen-bond acceptors (Lipinski definition) is 4. The average Bonchev–Trinajstić information content (AvgIpc) is 2.97. The molecule has 1 atom stereocenters. The average molecular weight is 393 g/mol. The summed E-state index contributed by atoms with van der Waals surface area (Å²) in [6.07, 6.45) is 1.06. The monoisotopic (exact) mass is 393 g/mol. The Morgan fingerprint density at radius 3 is 2.72 bits per heavy atom. The van der Waals surface area contributed by atoms with E-state index in [-0.39, 0.29) is 18.2 Å². The van der Waals surface area contributed by atoms with Crippen molar-refractivity contribution in [2.75, 3.05) is 32.8 Å². The summed E-state index contributed by atoms with van der Waals surface area (Å²) < 4.78 is 5.77. The standard InChI is InChI=1S/C23H27N3O3/c27-22(26-14-15-29-21-9-5-4-8-19(21)17-26)16-20-23(28)24-11-13-25(20)12-10-18-6-2-1-3-7-18/h1-9,20H,10-17H2,(H,24,28)/t20-/m0/s1. The Kier molecular flexibility index (Phi) is 6.10. The van der Waals surface area contributed by atoms with Crippen molar-refractivity contribution in [1.82, 2.24) is 15.1 Å². The number of rotatable bonds is 5. The van der Waals surface area contributed by atoms with Crippen LogP contribution in [0.4, 0.5) is 0 Å². The van der Waals surface area contributed by atoms with E-state index in [1.807, 2.05) is 47.4 Å². The number of nitrogens with zero attached hydrogens (tertiary/aromatic N) is 2. The highest BCUT2D eigenvalue weighted by Gasteiger charge is 2.33. The van der Waals surface area contributed by atoms with E-state index in [1.165, 1.54) is 5.56 Å². The highest BCUT2D eigenvalue weighted by molar-refractivity contribution is 5.89. The van der Waals surface area contributed by atoms with E-state index in [4.69, 9.17) is 4.74 Å². The smallest absolute Gasteiger partial charge is 0.237 e. The quantitative estimate of drug-likeness (QED) is 0.842. The van der Waals surface area contributed by atoms with Crippen LogP contribution in [0.5, 0.6) is 5.75 Å². The fourth-order valence-corrected chi connectivity index (χ4v) is 4.00. The summed E-state index contributed by atoms with van der Waals surface area (Å²) in [6.45, 7) is 3.68. The number of carbonyl (C=O) groups excluding carboxylic acids is 2. The van der Waals surface area contributed by atoms with Crippen LogP contribution in [-0.2, 0) is 22.6 Å². The summed E-state index contributed by atoms with van der Waals surface area (Å²) in [6, 6.07) is 17.6. The van der Waals surface area contributed by atoms with E-state index >= 15 is 0 Å². The molecule has 0 saturated carbocycles. The van der Waals surface area contributed by atoms with Crippen LogP contribution < -0.4 is 10.1 Å². The number of carbonyl (C=O) groups is 2. The van der Waals surface area contributed by atoms with Gasteiger partial charge < -0.3 is 15.0 Å². The van der Waals surface area contributed by atoms with E-state index in [2.05, 4.69) is 22.3 Å². The van der Waals surface area contributed by atoms with Gasteiger partial charge in [0.15, 0.2) is 0 Å². The van der Waals surface area contributed by atoms with Crippen molar-refractivity contribution in [3.05, 3.63) is 65.7 Å². The number of piperazine rings is 1. The van der Waals surface area contributed by atoms with Crippen molar-refractivity contribution >= 4 is 11.8 Å². The maximum atomic E-state index is 13.1. The largest absolute Gasteiger partial charge is 0.491 e. The molecule has 0 aromatic heterocycles. The van der Waals surface area contributed by atoms with Crippen LogP contribution in [-0.4, -0.2) is 60.4 Å². The van der Waals surface area contributed by atoms with Gasteiger partial charge in [0.05, 0.1) is 19.0 Å². The van der Waals surface area contributed by atoms with Gasteiger partial charge in [-0.3, -0.25) is 14.5 Å². The number of amides is 2. The molecule has 0 spiro atoms. The number of nitrogens with one attached hydrogen (secondary N) is 1. The molecule has 0 bridgehead atoms. The lowest BCUT2D eigenvalue weighted by atomic mass is 10.1. The van der Waals surface area contributed by atoms with Crippen LogP contribution in [0.1, 0.15) is 17.5 Å². The number of benzene rings is 2. The molecule has 6 heteroatoms. The molecule has 2 heterocycles. The number of fused-ring (bicyclic) bond motifs is 1. The Morgan fingerprint density at radius 2 is 1.86 bits per heavy atom. The van der Waals surface area contributed by atoms with Gasteiger partial charge in [-0.2, -0.15) is 0 Å². The van der Waals surface area contributed by atoms with Crippen molar-refractivity contribution in [3.63, 3.8) is 0 Å². The van der Waals surface area contributed by atoms with E-state index in [1.54, 1.807) is 0 Å². The van der Waals surface area contributed by atoms with Crippen LogP contribution in [0.15, 0.2) is 54.6 Å². The van der Waals surface area contributed by atoms with Crippen LogP contribution >= 0.6 is 0 Å². The molecule has 2 aliphatic heterocycles. The van der Waals surface area contributed by atoms with Gasteiger partial charge in [-0.05, 0) is 18.1 Å². The third-order valence-corrected chi connectivity index (χ3v) is 5.65. The van der Waals surface area contributed by atoms with Crippen molar-refractivity contribution in [2.24, 2.45) is 0 Å². The first-order valence-corrected chi connectivity index (χ1v) is 10.2. The third-order valence-electron chi connectivity index (χ3n) is 5.65. The van der Waals surface area contributed by atoms with Crippen LogP contribution in [0.25, 0.3) is 0 Å². The van der Waals surface area contributed by atoms with Crippen LogP contribution in [0.2, 0.25) is 0 Å². The lowest BCUT2D eigenvalue weighted by Gasteiger charge is -2.35. The Labute approximate surface area is 171 Å². The van der Waals surface area contributed by atoms with Gasteiger partial charge in [0.2, 0.25) is 11.8 Å². The second-order valence-corrected chi connectivity index (χ2v) is 7.55. The van der Waals surface area contributed by atoms with E-state index in [0.29, 0.717) is 26.2 Å². The Hall–Kier alpha value is -2.86. The Balaban J connectivity index is 1.41. The van der Waals surface area contributed by atoms with Crippen molar-refractivity contribution in [1.29, 1.82) is 0 Å². The van der Waals surface area contributed by atoms with Gasteiger partial charge in [0.1, 0.15) is 12.4 Å². The van der Waals surface area contributed by atoms with Gasteiger partial charge in [-0.1, -0.05) is 48.5 Å². The van der Waals surface area contributed by atoms with E-state index < -0.39 is 6.04 Å². The highest BCUT2D eigenvalue weighted by atomic mass is 16.5. The van der Waals surface area contributed by atoms with Crippen molar-refractivity contribution in [2.45, 2.75) is 25.4 Å². The zero-order valence-corrected chi connectivity index (χ0v) is 16.5. The number of para-hydroxylation sites is 1. The normalized spacial score (nSPS) is 19.7. The maximum Gasteiger partial charge on any atom is 0.237 e. The minimum Gasteiger partial charge on any atom is -0.491 e. The molecular weight excluding hydrogens is 366 g/mol. The molecule has 2 aromatic carbocycles. The molecule has 2 aliphatic rings. The zero-order valence-electron chi connectivity index (χ0n) is 16.5. The molecule has 0 radical (unpaired) electrons. The molecule has 29 heavy (non-hydrogen) atoms. The minimum atomic E-state index is -0.417. The molecule has 0 aliphatic carbocycles. The zero-order chi connectivity index (χ0) is 20.1. The molecule has 1 fully saturated rings.